The molecule has 2 N–H and O–H groups in total. The Morgan fingerprint density at radius 3 is 2.48 bits per heavy atom. The molecule has 0 saturated heterocycles. The van der Waals surface area contributed by atoms with E-state index in [2.05, 4.69) is 10.3 Å². The highest BCUT2D eigenvalue weighted by Gasteiger charge is 2.23. The van der Waals surface area contributed by atoms with Crippen LogP contribution in [0.2, 0.25) is 0 Å². The highest BCUT2D eigenvalue weighted by molar-refractivity contribution is 7.89. The molecule has 0 saturated carbocycles. The SMILES string of the molecule is CCN(CC)S(=O)(=O)c1ccc2c(c1)nc(CCC(=O)Nc1ccccc1O)n2CC. The molecule has 0 radical (unpaired) electrons. The van der Waals surface area contributed by atoms with Crippen LogP contribution < -0.4 is 5.32 Å². The molecule has 9 heteroatoms. The Balaban J connectivity index is 1.83. The van der Waals surface area contributed by atoms with Crippen molar-refractivity contribution in [3.8, 4) is 5.75 Å². The van der Waals surface area contributed by atoms with Crippen LogP contribution in [0.3, 0.4) is 0 Å². The first kappa shape index (κ1) is 22.8. The molecule has 0 atom stereocenters. The van der Waals surface area contributed by atoms with Crippen LogP contribution in [0.25, 0.3) is 11.0 Å². The van der Waals surface area contributed by atoms with Gasteiger partial charge in [-0.1, -0.05) is 26.0 Å². The maximum atomic E-state index is 12.8. The van der Waals surface area contributed by atoms with Gasteiger partial charge in [-0.05, 0) is 37.3 Å². The molecular formula is C22H28N4O4S. The van der Waals surface area contributed by atoms with Crippen LogP contribution in [0.1, 0.15) is 33.0 Å². The zero-order chi connectivity index (χ0) is 22.6. The lowest BCUT2D eigenvalue weighted by molar-refractivity contribution is -0.116. The fourth-order valence-corrected chi connectivity index (χ4v) is 5.07. The van der Waals surface area contributed by atoms with Gasteiger partial charge < -0.3 is 15.0 Å². The minimum atomic E-state index is -3.57. The lowest BCUT2D eigenvalue weighted by Crippen LogP contribution is -2.30. The number of amides is 1. The molecule has 0 aliphatic carbocycles. The monoisotopic (exact) mass is 444 g/mol. The maximum Gasteiger partial charge on any atom is 0.243 e. The van der Waals surface area contributed by atoms with Crippen LogP contribution in [0, 0.1) is 0 Å². The van der Waals surface area contributed by atoms with Crippen LogP contribution in [0.4, 0.5) is 5.69 Å². The molecule has 31 heavy (non-hydrogen) atoms. The molecule has 166 valence electrons. The zero-order valence-corrected chi connectivity index (χ0v) is 18.8. The number of phenols is 1. The van der Waals surface area contributed by atoms with Crippen molar-refractivity contribution in [1.29, 1.82) is 0 Å². The molecule has 1 aromatic heterocycles. The van der Waals surface area contributed by atoms with Crippen molar-refractivity contribution in [2.75, 3.05) is 18.4 Å². The third-order valence-electron chi connectivity index (χ3n) is 5.21. The van der Waals surface area contributed by atoms with E-state index < -0.39 is 10.0 Å². The van der Waals surface area contributed by atoms with Crippen molar-refractivity contribution in [2.45, 2.75) is 45.1 Å². The number of para-hydroxylation sites is 2. The number of sulfonamides is 1. The molecule has 3 aromatic rings. The topological polar surface area (TPSA) is 105 Å². The first-order valence-corrected chi connectivity index (χ1v) is 11.8. The van der Waals surface area contributed by atoms with E-state index in [1.807, 2.05) is 25.3 Å². The van der Waals surface area contributed by atoms with Crippen molar-refractivity contribution in [1.82, 2.24) is 13.9 Å². The summed E-state index contributed by atoms with van der Waals surface area (Å²) in [6, 6.07) is 11.5. The number of rotatable bonds is 9. The zero-order valence-electron chi connectivity index (χ0n) is 18.0. The Hall–Kier alpha value is -2.91. The van der Waals surface area contributed by atoms with E-state index in [4.69, 9.17) is 0 Å². The van der Waals surface area contributed by atoms with Crippen LogP contribution >= 0.6 is 0 Å². The first-order valence-electron chi connectivity index (χ1n) is 10.4. The van der Waals surface area contributed by atoms with Gasteiger partial charge in [-0.15, -0.1) is 0 Å². The number of fused-ring (bicyclic) bond motifs is 1. The minimum absolute atomic E-state index is 0.0126. The average Bonchev–Trinajstić information content (AvgIpc) is 3.11. The number of aromatic hydroxyl groups is 1. The number of phenolic OH excluding ortho intramolecular Hbond substituents is 1. The predicted molar refractivity (Wildman–Crippen MR) is 121 cm³/mol. The molecule has 0 fully saturated rings. The maximum absolute atomic E-state index is 12.8. The highest BCUT2D eigenvalue weighted by Crippen LogP contribution is 2.24. The number of nitrogens with zero attached hydrogens (tertiary/aromatic N) is 3. The second-order valence-electron chi connectivity index (χ2n) is 7.08. The number of aromatic nitrogens is 2. The molecule has 0 unspecified atom stereocenters. The molecule has 0 bridgehead atoms. The first-order chi connectivity index (χ1) is 14.8. The van der Waals surface area contributed by atoms with Gasteiger partial charge in [-0.2, -0.15) is 4.31 Å². The predicted octanol–water partition coefficient (Wildman–Crippen LogP) is 3.36. The molecular weight excluding hydrogens is 416 g/mol. The summed E-state index contributed by atoms with van der Waals surface area (Å²) in [5.41, 5.74) is 1.78. The summed E-state index contributed by atoms with van der Waals surface area (Å²) >= 11 is 0. The Morgan fingerprint density at radius 1 is 1.13 bits per heavy atom. The number of anilines is 1. The van der Waals surface area contributed by atoms with Gasteiger partial charge in [0, 0.05) is 32.5 Å². The van der Waals surface area contributed by atoms with Crippen LogP contribution in [0.15, 0.2) is 47.4 Å². The lowest BCUT2D eigenvalue weighted by Gasteiger charge is -2.18. The number of benzene rings is 2. The lowest BCUT2D eigenvalue weighted by atomic mass is 10.2. The Bertz CT molecular complexity index is 1180. The van der Waals surface area contributed by atoms with Gasteiger partial charge in [-0.25, -0.2) is 13.4 Å². The summed E-state index contributed by atoms with van der Waals surface area (Å²) in [6.45, 7) is 7.05. The van der Waals surface area contributed by atoms with Crippen molar-refractivity contribution >= 4 is 32.7 Å². The van der Waals surface area contributed by atoms with E-state index in [-0.39, 0.29) is 23.0 Å². The second-order valence-corrected chi connectivity index (χ2v) is 9.02. The molecule has 3 rings (SSSR count). The van der Waals surface area contributed by atoms with Crippen molar-refractivity contribution in [3.05, 3.63) is 48.3 Å². The number of hydrogen-bond acceptors (Lipinski definition) is 5. The molecule has 0 aliphatic rings. The summed E-state index contributed by atoms with van der Waals surface area (Å²) in [6.07, 6.45) is 0.572. The average molecular weight is 445 g/mol. The second kappa shape index (κ2) is 9.49. The quantitative estimate of drug-likeness (QED) is 0.493. The number of nitrogens with one attached hydrogen (secondary N) is 1. The van der Waals surface area contributed by atoms with E-state index in [1.54, 1.807) is 36.4 Å². The van der Waals surface area contributed by atoms with Crippen LogP contribution in [0.5, 0.6) is 5.75 Å². The Labute approximate surface area is 182 Å². The summed E-state index contributed by atoms with van der Waals surface area (Å²) in [4.78, 5) is 17.2. The van der Waals surface area contributed by atoms with Gasteiger partial charge in [0.15, 0.2) is 0 Å². The fraction of sp³-hybridized carbons (Fsp3) is 0.364. The van der Waals surface area contributed by atoms with Crippen molar-refractivity contribution in [3.63, 3.8) is 0 Å². The molecule has 0 spiro atoms. The van der Waals surface area contributed by atoms with E-state index in [9.17, 15) is 18.3 Å². The number of imidazole rings is 1. The van der Waals surface area contributed by atoms with Gasteiger partial charge in [0.2, 0.25) is 15.9 Å². The van der Waals surface area contributed by atoms with Gasteiger partial charge in [0.05, 0.1) is 21.6 Å². The van der Waals surface area contributed by atoms with E-state index >= 15 is 0 Å². The minimum Gasteiger partial charge on any atom is -0.506 e. The summed E-state index contributed by atoms with van der Waals surface area (Å²) in [5, 5.41) is 12.5. The molecule has 2 aromatic carbocycles. The van der Waals surface area contributed by atoms with E-state index in [0.29, 0.717) is 43.1 Å². The third kappa shape index (κ3) is 4.72. The van der Waals surface area contributed by atoms with Gasteiger partial charge in [0.25, 0.3) is 0 Å². The fourth-order valence-electron chi connectivity index (χ4n) is 3.59. The smallest absolute Gasteiger partial charge is 0.243 e. The standard InChI is InChI=1S/C22H28N4O4S/c1-4-25(5-2)31(29,30)16-11-12-19-18(15-16)23-21(26(19)6-3)13-14-22(28)24-17-9-7-8-10-20(17)27/h7-12,15,27H,4-6,13-14H2,1-3H3,(H,24,28). The number of carbonyl (C=O) groups is 1. The summed E-state index contributed by atoms with van der Waals surface area (Å²) in [5.74, 6) is 0.488. The number of hydrogen-bond donors (Lipinski definition) is 2. The van der Waals surface area contributed by atoms with Gasteiger partial charge in [0.1, 0.15) is 11.6 Å². The van der Waals surface area contributed by atoms with Gasteiger partial charge in [-0.3, -0.25) is 4.79 Å². The highest BCUT2D eigenvalue weighted by atomic mass is 32.2. The summed E-state index contributed by atoms with van der Waals surface area (Å²) < 4.78 is 29.1. The molecule has 1 heterocycles. The normalized spacial score (nSPS) is 11.9. The van der Waals surface area contributed by atoms with Crippen LogP contribution in [-0.2, 0) is 27.8 Å². The largest absolute Gasteiger partial charge is 0.506 e. The Morgan fingerprint density at radius 2 is 1.84 bits per heavy atom. The number of carbonyl (C=O) groups excluding carboxylic acids is 1. The molecule has 0 aliphatic heterocycles. The third-order valence-corrected chi connectivity index (χ3v) is 7.26. The van der Waals surface area contributed by atoms with Crippen LogP contribution in [-0.4, -0.2) is 46.4 Å². The summed E-state index contributed by atoms with van der Waals surface area (Å²) in [7, 11) is -3.57. The van der Waals surface area contributed by atoms with Gasteiger partial charge >= 0.3 is 0 Å². The van der Waals surface area contributed by atoms with Crippen molar-refractivity contribution in [2.24, 2.45) is 0 Å². The van der Waals surface area contributed by atoms with E-state index in [0.717, 1.165) is 5.52 Å². The Kier molecular flexibility index (Phi) is 6.97. The number of aryl methyl sites for hydroxylation is 2. The molecule has 1 amide bonds. The molecule has 8 nitrogen and oxygen atoms in total. The van der Waals surface area contributed by atoms with Crippen molar-refractivity contribution < 1.29 is 18.3 Å². The van der Waals surface area contributed by atoms with E-state index in [1.165, 1.54) is 10.4 Å².